The van der Waals surface area contributed by atoms with E-state index in [1.54, 1.807) is 17.2 Å². The Morgan fingerprint density at radius 2 is 1.57 bits per heavy atom. The van der Waals surface area contributed by atoms with Gasteiger partial charge in [-0.15, -0.1) is 0 Å². The molecular formula is C33H30F3N7O. The van der Waals surface area contributed by atoms with E-state index in [1.807, 2.05) is 60.7 Å². The number of nitrogens with zero attached hydrogens (tertiary/aromatic N) is 5. The fourth-order valence-electron chi connectivity index (χ4n) is 5.59. The molecule has 4 heterocycles. The molecule has 2 N–H and O–H groups in total. The molecule has 0 bridgehead atoms. The summed E-state index contributed by atoms with van der Waals surface area (Å²) < 4.78 is 39.7. The smallest absolute Gasteiger partial charge is 0.346 e. The Kier molecular flexibility index (Phi) is 8.21. The number of rotatable bonds is 8. The van der Waals surface area contributed by atoms with Crippen molar-refractivity contribution in [1.82, 2.24) is 25.3 Å². The molecule has 5 aromatic rings. The van der Waals surface area contributed by atoms with Crippen molar-refractivity contribution in [3.8, 4) is 0 Å². The van der Waals surface area contributed by atoms with E-state index in [4.69, 9.17) is 4.99 Å². The molecule has 6 rings (SSSR count). The Bertz CT molecular complexity index is 1710. The number of aliphatic imine (C=N–C) groups is 1. The first-order valence-electron chi connectivity index (χ1n) is 14.3. The van der Waals surface area contributed by atoms with Crippen molar-refractivity contribution in [2.45, 2.75) is 25.6 Å². The molecule has 2 aromatic carbocycles. The van der Waals surface area contributed by atoms with Gasteiger partial charge in [0.1, 0.15) is 23.5 Å². The molecule has 11 heteroatoms. The second-order valence-corrected chi connectivity index (χ2v) is 10.8. The SMILES string of the molecule is O=C(N(Cc1ccc(C(F)(F)F)nc1)c1ncnc2[nH]ccc12)C1(CN=C(c2ccccc2)c2ccccc2)CCNCC1. The van der Waals surface area contributed by atoms with Crippen LogP contribution in [0.25, 0.3) is 11.0 Å². The number of aromatic amines is 1. The summed E-state index contributed by atoms with van der Waals surface area (Å²) in [6.07, 6.45) is 0.723. The second kappa shape index (κ2) is 12.4. The van der Waals surface area contributed by atoms with Crippen molar-refractivity contribution in [3.63, 3.8) is 0 Å². The van der Waals surface area contributed by atoms with Gasteiger partial charge in [0, 0.05) is 23.5 Å². The molecule has 3 aromatic heterocycles. The summed E-state index contributed by atoms with van der Waals surface area (Å²) in [4.78, 5) is 37.0. The number of benzene rings is 2. The van der Waals surface area contributed by atoms with Crippen LogP contribution in [0.2, 0.25) is 0 Å². The second-order valence-electron chi connectivity index (χ2n) is 10.8. The average Bonchev–Trinajstić information content (AvgIpc) is 3.54. The summed E-state index contributed by atoms with van der Waals surface area (Å²) in [5.74, 6) is 0.165. The van der Waals surface area contributed by atoms with Crippen LogP contribution in [-0.2, 0) is 17.5 Å². The molecule has 8 nitrogen and oxygen atoms in total. The zero-order chi connectivity index (χ0) is 30.6. The third kappa shape index (κ3) is 6.09. The summed E-state index contributed by atoms with van der Waals surface area (Å²) in [5.41, 5.74) is 1.76. The van der Waals surface area contributed by atoms with Crippen molar-refractivity contribution >= 4 is 28.5 Å². The van der Waals surface area contributed by atoms with Crippen LogP contribution in [-0.4, -0.2) is 51.2 Å². The van der Waals surface area contributed by atoms with Crippen LogP contribution in [0.5, 0.6) is 0 Å². The number of piperidine rings is 1. The largest absolute Gasteiger partial charge is 0.433 e. The molecule has 0 unspecified atom stereocenters. The predicted octanol–water partition coefficient (Wildman–Crippen LogP) is 5.81. The molecule has 1 amide bonds. The Morgan fingerprint density at radius 1 is 0.886 bits per heavy atom. The van der Waals surface area contributed by atoms with Crippen molar-refractivity contribution < 1.29 is 18.0 Å². The molecule has 44 heavy (non-hydrogen) atoms. The Balaban J connectivity index is 1.42. The van der Waals surface area contributed by atoms with E-state index in [1.165, 1.54) is 12.4 Å². The number of pyridine rings is 1. The van der Waals surface area contributed by atoms with Crippen molar-refractivity contribution in [2.24, 2.45) is 10.4 Å². The van der Waals surface area contributed by atoms with Gasteiger partial charge < -0.3 is 10.3 Å². The van der Waals surface area contributed by atoms with Crippen LogP contribution in [0.15, 0.2) is 103 Å². The van der Waals surface area contributed by atoms with E-state index in [0.29, 0.717) is 48.3 Å². The molecule has 1 saturated heterocycles. The van der Waals surface area contributed by atoms with E-state index >= 15 is 0 Å². The van der Waals surface area contributed by atoms with E-state index in [0.717, 1.165) is 29.1 Å². The van der Waals surface area contributed by atoms with E-state index in [2.05, 4.69) is 25.3 Å². The number of carbonyl (C=O) groups excluding carboxylic acids is 1. The Hall–Kier alpha value is -4.90. The van der Waals surface area contributed by atoms with Gasteiger partial charge in [-0.25, -0.2) is 9.97 Å². The van der Waals surface area contributed by atoms with Crippen LogP contribution >= 0.6 is 0 Å². The highest BCUT2D eigenvalue weighted by Gasteiger charge is 2.43. The highest BCUT2D eigenvalue weighted by molar-refractivity contribution is 6.13. The van der Waals surface area contributed by atoms with Gasteiger partial charge in [-0.2, -0.15) is 13.2 Å². The van der Waals surface area contributed by atoms with Gasteiger partial charge in [0.15, 0.2) is 0 Å². The number of halogens is 3. The highest BCUT2D eigenvalue weighted by atomic mass is 19.4. The summed E-state index contributed by atoms with van der Waals surface area (Å²) in [6, 6.07) is 23.8. The van der Waals surface area contributed by atoms with E-state index in [9.17, 15) is 18.0 Å². The number of hydrogen-bond acceptors (Lipinski definition) is 6. The predicted molar refractivity (Wildman–Crippen MR) is 162 cm³/mol. The quantitative estimate of drug-likeness (QED) is 0.220. The standard InChI is InChI=1S/C33H30F3N7O/c34-33(35,36)27-12-11-23(19-39-27)20-43(30-26-13-16-38-29(26)41-22-42-30)31(44)32(14-17-37-18-15-32)21-40-28(24-7-3-1-4-8-24)25-9-5-2-6-10-25/h1-13,16,19,22,37H,14-15,17-18,20-21H2,(H,38,41,42). The first-order chi connectivity index (χ1) is 21.3. The average molecular weight is 598 g/mol. The van der Waals surface area contributed by atoms with Gasteiger partial charge in [0.25, 0.3) is 0 Å². The van der Waals surface area contributed by atoms with Crippen LogP contribution in [0.3, 0.4) is 0 Å². The lowest BCUT2D eigenvalue weighted by atomic mass is 9.77. The Labute approximate surface area is 252 Å². The van der Waals surface area contributed by atoms with E-state index < -0.39 is 17.3 Å². The molecule has 1 aliphatic heterocycles. The van der Waals surface area contributed by atoms with Gasteiger partial charge in [0.2, 0.25) is 5.91 Å². The third-order valence-electron chi connectivity index (χ3n) is 7.94. The lowest BCUT2D eigenvalue weighted by molar-refractivity contribution is -0.141. The summed E-state index contributed by atoms with van der Waals surface area (Å²) in [7, 11) is 0. The summed E-state index contributed by atoms with van der Waals surface area (Å²) in [5, 5.41) is 3.98. The zero-order valence-corrected chi connectivity index (χ0v) is 23.8. The minimum absolute atomic E-state index is 0.0234. The van der Waals surface area contributed by atoms with Gasteiger partial charge >= 0.3 is 6.18 Å². The first-order valence-corrected chi connectivity index (χ1v) is 14.3. The lowest BCUT2D eigenvalue weighted by Crippen LogP contribution is -2.51. The molecule has 1 fully saturated rings. The molecule has 0 saturated carbocycles. The molecule has 224 valence electrons. The van der Waals surface area contributed by atoms with E-state index in [-0.39, 0.29) is 19.0 Å². The fourth-order valence-corrected chi connectivity index (χ4v) is 5.59. The third-order valence-corrected chi connectivity index (χ3v) is 7.94. The zero-order valence-electron chi connectivity index (χ0n) is 23.8. The van der Waals surface area contributed by atoms with Crippen LogP contribution in [0.4, 0.5) is 19.0 Å². The highest BCUT2D eigenvalue weighted by Crippen LogP contribution is 2.36. The maximum Gasteiger partial charge on any atom is 0.433 e. The van der Waals surface area contributed by atoms with Crippen molar-refractivity contribution in [2.75, 3.05) is 24.5 Å². The van der Waals surface area contributed by atoms with Gasteiger partial charge in [-0.3, -0.25) is 19.7 Å². The Morgan fingerprint density at radius 3 is 2.18 bits per heavy atom. The van der Waals surface area contributed by atoms with Crippen molar-refractivity contribution in [3.05, 3.63) is 120 Å². The van der Waals surface area contributed by atoms with Crippen molar-refractivity contribution in [1.29, 1.82) is 0 Å². The number of anilines is 1. The summed E-state index contributed by atoms with van der Waals surface area (Å²) in [6.45, 7) is 1.43. The number of alkyl halides is 3. The maximum atomic E-state index is 14.9. The fraction of sp³-hybridized carbons (Fsp3) is 0.242. The topological polar surface area (TPSA) is 99.2 Å². The number of fused-ring (bicyclic) bond motifs is 1. The number of carbonyl (C=O) groups is 1. The van der Waals surface area contributed by atoms with Gasteiger partial charge in [0.05, 0.1) is 29.6 Å². The van der Waals surface area contributed by atoms with Crippen LogP contribution < -0.4 is 10.2 Å². The van der Waals surface area contributed by atoms with Crippen LogP contribution in [0, 0.1) is 5.41 Å². The van der Waals surface area contributed by atoms with Crippen LogP contribution in [0.1, 0.15) is 35.2 Å². The maximum absolute atomic E-state index is 14.9. The molecule has 0 atom stereocenters. The number of H-pyrrole nitrogens is 1. The number of nitrogens with one attached hydrogen (secondary N) is 2. The molecule has 1 aliphatic rings. The minimum Gasteiger partial charge on any atom is -0.346 e. The molecule has 0 aliphatic carbocycles. The molecule has 0 spiro atoms. The normalized spacial score (nSPS) is 14.7. The minimum atomic E-state index is -4.57. The lowest BCUT2D eigenvalue weighted by Gasteiger charge is -2.39. The number of hydrogen-bond donors (Lipinski definition) is 2. The van der Waals surface area contributed by atoms with Gasteiger partial charge in [-0.05, 0) is 43.6 Å². The monoisotopic (exact) mass is 597 g/mol. The summed E-state index contributed by atoms with van der Waals surface area (Å²) >= 11 is 0. The molecular weight excluding hydrogens is 567 g/mol. The molecule has 0 radical (unpaired) electrons. The van der Waals surface area contributed by atoms with Gasteiger partial charge in [-0.1, -0.05) is 66.7 Å². The first kappa shape index (κ1) is 29.2. The number of aromatic nitrogens is 4. The number of amides is 1.